The Balaban J connectivity index is 1.60. The van der Waals surface area contributed by atoms with Gasteiger partial charge in [0.15, 0.2) is 15.9 Å². The Bertz CT molecular complexity index is 973. The summed E-state index contributed by atoms with van der Waals surface area (Å²) in [7, 11) is -3.09. The van der Waals surface area contributed by atoms with Crippen molar-refractivity contribution in [1.29, 1.82) is 0 Å². The topological polar surface area (TPSA) is 94.5 Å². The largest absolute Gasteiger partial charge is 0.449 e. The number of aromatic nitrogens is 1. The third-order valence-corrected chi connectivity index (χ3v) is 6.63. The van der Waals surface area contributed by atoms with E-state index in [2.05, 4.69) is 9.88 Å². The molecule has 1 aliphatic heterocycles. The zero-order valence-corrected chi connectivity index (χ0v) is 17.0. The third kappa shape index (κ3) is 4.44. The molecule has 150 valence electrons. The Morgan fingerprint density at radius 2 is 1.71 bits per heavy atom. The average Bonchev–Trinajstić information content (AvgIpc) is 3.15. The van der Waals surface area contributed by atoms with Crippen molar-refractivity contribution in [2.75, 3.05) is 11.5 Å². The zero-order valence-electron chi connectivity index (χ0n) is 16.1. The molecule has 0 saturated carbocycles. The minimum absolute atomic E-state index is 0.0683. The van der Waals surface area contributed by atoms with E-state index < -0.39 is 33.9 Å². The zero-order chi connectivity index (χ0) is 20.5. The summed E-state index contributed by atoms with van der Waals surface area (Å²) in [6, 6.07) is 10.6. The van der Waals surface area contributed by atoms with Crippen molar-refractivity contribution in [1.82, 2.24) is 9.88 Å². The number of esters is 1. The van der Waals surface area contributed by atoms with Crippen molar-refractivity contribution < 1.29 is 22.7 Å². The van der Waals surface area contributed by atoms with Gasteiger partial charge in [0.05, 0.1) is 17.1 Å². The monoisotopic (exact) mass is 404 g/mol. The lowest BCUT2D eigenvalue weighted by atomic mass is 10.2. The number of hydrogen-bond donors (Lipinski definition) is 1. The minimum Gasteiger partial charge on any atom is -0.449 e. The van der Waals surface area contributed by atoms with E-state index in [1.54, 1.807) is 12.1 Å². The number of carbonyl (C=O) groups is 2. The highest BCUT2D eigenvalue weighted by Gasteiger charge is 2.30. The highest BCUT2D eigenvalue weighted by atomic mass is 32.2. The summed E-state index contributed by atoms with van der Waals surface area (Å²) in [5.74, 6) is -1.10. The van der Waals surface area contributed by atoms with E-state index in [4.69, 9.17) is 4.74 Å². The van der Waals surface area contributed by atoms with Crippen LogP contribution in [-0.4, -0.2) is 48.5 Å². The molecule has 1 aromatic carbocycles. The molecular formula is C20H24N2O5S. The van der Waals surface area contributed by atoms with Gasteiger partial charge in [0, 0.05) is 23.1 Å². The predicted molar refractivity (Wildman–Crippen MR) is 105 cm³/mol. The Morgan fingerprint density at radius 1 is 1.11 bits per heavy atom. The van der Waals surface area contributed by atoms with Crippen molar-refractivity contribution in [2.24, 2.45) is 0 Å². The van der Waals surface area contributed by atoms with Gasteiger partial charge in [0.25, 0.3) is 5.91 Å². The van der Waals surface area contributed by atoms with Gasteiger partial charge in [-0.3, -0.25) is 4.79 Å². The maximum absolute atomic E-state index is 12.3. The van der Waals surface area contributed by atoms with Gasteiger partial charge in [0.1, 0.15) is 0 Å². The van der Waals surface area contributed by atoms with Gasteiger partial charge in [-0.2, -0.15) is 0 Å². The lowest BCUT2D eigenvalue weighted by Crippen LogP contribution is -2.42. The molecule has 2 atom stereocenters. The number of nitrogens with zero attached hydrogens (tertiary/aromatic N) is 1. The molecule has 0 radical (unpaired) electrons. The summed E-state index contributed by atoms with van der Waals surface area (Å²) < 4.78 is 30.2. The number of amides is 1. The van der Waals surface area contributed by atoms with Crippen LogP contribution < -0.4 is 5.32 Å². The molecule has 0 unspecified atom stereocenters. The second-order valence-electron chi connectivity index (χ2n) is 7.15. The van der Waals surface area contributed by atoms with Crippen LogP contribution in [0.5, 0.6) is 0 Å². The summed E-state index contributed by atoms with van der Waals surface area (Å²) in [6.45, 7) is 5.48. The van der Waals surface area contributed by atoms with Crippen LogP contribution in [0.1, 0.15) is 35.1 Å². The minimum atomic E-state index is -3.09. The Labute approximate surface area is 164 Å². The number of ether oxygens (including phenoxy) is 1. The van der Waals surface area contributed by atoms with E-state index in [1.807, 2.05) is 38.1 Å². The van der Waals surface area contributed by atoms with E-state index in [9.17, 15) is 18.0 Å². The van der Waals surface area contributed by atoms with Crippen LogP contribution in [0.3, 0.4) is 0 Å². The maximum Gasteiger partial charge on any atom is 0.338 e. The molecule has 0 spiro atoms. The number of sulfone groups is 1. The summed E-state index contributed by atoms with van der Waals surface area (Å²) >= 11 is 0. The fourth-order valence-corrected chi connectivity index (χ4v) is 5.01. The highest BCUT2D eigenvalue weighted by molar-refractivity contribution is 7.91. The second kappa shape index (κ2) is 7.79. The standard InChI is InChI=1S/C20H24N2O5S/c1-13-4-5-14(2)22(13)18-8-6-16(7-9-18)20(24)27-15(3)19(23)21-17-10-11-28(25,26)12-17/h4-9,15,17H,10-12H2,1-3H3,(H,21,23)/t15-,17-/m0/s1. The van der Waals surface area contributed by atoms with E-state index >= 15 is 0 Å². The number of nitrogens with one attached hydrogen (secondary N) is 1. The highest BCUT2D eigenvalue weighted by Crippen LogP contribution is 2.17. The van der Waals surface area contributed by atoms with E-state index in [-0.39, 0.29) is 11.5 Å². The molecule has 8 heteroatoms. The van der Waals surface area contributed by atoms with E-state index in [1.165, 1.54) is 6.92 Å². The van der Waals surface area contributed by atoms with Crippen molar-refractivity contribution in [2.45, 2.75) is 39.3 Å². The van der Waals surface area contributed by atoms with Gasteiger partial charge in [-0.15, -0.1) is 0 Å². The third-order valence-electron chi connectivity index (χ3n) is 4.86. The molecule has 1 amide bonds. The van der Waals surface area contributed by atoms with Crippen LogP contribution in [0.2, 0.25) is 0 Å². The summed E-state index contributed by atoms with van der Waals surface area (Å²) in [5.41, 5.74) is 3.46. The molecule has 1 aromatic heterocycles. The molecule has 2 aromatic rings. The quantitative estimate of drug-likeness (QED) is 0.769. The number of carbonyl (C=O) groups excluding carboxylic acids is 2. The number of rotatable bonds is 5. The van der Waals surface area contributed by atoms with Crippen molar-refractivity contribution in [3.8, 4) is 5.69 Å². The Hall–Kier alpha value is -2.61. The van der Waals surface area contributed by atoms with Gasteiger partial charge >= 0.3 is 5.97 Å². The van der Waals surface area contributed by atoms with Crippen LogP contribution in [0, 0.1) is 13.8 Å². The Kier molecular flexibility index (Phi) is 5.60. The van der Waals surface area contributed by atoms with Crippen molar-refractivity contribution in [3.63, 3.8) is 0 Å². The summed E-state index contributed by atoms with van der Waals surface area (Å²) in [4.78, 5) is 24.5. The molecule has 1 saturated heterocycles. The van der Waals surface area contributed by atoms with Crippen molar-refractivity contribution in [3.05, 3.63) is 53.3 Å². The second-order valence-corrected chi connectivity index (χ2v) is 9.38. The molecule has 1 fully saturated rings. The predicted octanol–water partition coefficient (Wildman–Crippen LogP) is 1.94. The van der Waals surface area contributed by atoms with Gasteiger partial charge in [0.2, 0.25) is 0 Å². The van der Waals surface area contributed by atoms with Crippen molar-refractivity contribution >= 4 is 21.7 Å². The molecule has 28 heavy (non-hydrogen) atoms. The van der Waals surface area contributed by atoms with Crippen LogP contribution in [0.15, 0.2) is 36.4 Å². The Morgan fingerprint density at radius 3 is 2.25 bits per heavy atom. The fraction of sp³-hybridized carbons (Fsp3) is 0.400. The van der Waals surface area contributed by atoms with Crippen LogP contribution in [0.25, 0.3) is 5.69 Å². The summed E-state index contributed by atoms with van der Waals surface area (Å²) in [5, 5.41) is 2.63. The lowest BCUT2D eigenvalue weighted by Gasteiger charge is -2.16. The lowest BCUT2D eigenvalue weighted by molar-refractivity contribution is -0.129. The maximum atomic E-state index is 12.3. The number of hydrogen-bond acceptors (Lipinski definition) is 5. The first-order chi connectivity index (χ1) is 13.2. The van der Waals surface area contributed by atoms with Crippen LogP contribution in [0.4, 0.5) is 0 Å². The molecule has 1 aliphatic rings. The number of benzene rings is 1. The van der Waals surface area contributed by atoms with Gasteiger partial charge in [-0.05, 0) is 63.6 Å². The molecule has 2 heterocycles. The van der Waals surface area contributed by atoms with E-state index in [0.29, 0.717) is 12.0 Å². The normalized spacial score (nSPS) is 19.2. The molecule has 3 rings (SSSR count). The smallest absolute Gasteiger partial charge is 0.338 e. The van der Waals surface area contributed by atoms with Gasteiger partial charge < -0.3 is 14.6 Å². The van der Waals surface area contributed by atoms with E-state index in [0.717, 1.165) is 17.1 Å². The SMILES string of the molecule is Cc1ccc(C)n1-c1ccc(C(=O)O[C@@H](C)C(=O)N[C@H]2CCS(=O)(=O)C2)cc1. The van der Waals surface area contributed by atoms with Crippen LogP contribution >= 0.6 is 0 Å². The first kappa shape index (κ1) is 20.1. The molecule has 0 aliphatic carbocycles. The van der Waals surface area contributed by atoms with Gasteiger partial charge in [-0.1, -0.05) is 0 Å². The number of aryl methyl sites for hydroxylation is 2. The average molecular weight is 404 g/mol. The van der Waals surface area contributed by atoms with Gasteiger partial charge in [-0.25, -0.2) is 13.2 Å². The molecule has 0 bridgehead atoms. The molecular weight excluding hydrogens is 380 g/mol. The fourth-order valence-electron chi connectivity index (χ4n) is 3.33. The van der Waals surface area contributed by atoms with Crippen LogP contribution in [-0.2, 0) is 19.4 Å². The summed E-state index contributed by atoms with van der Waals surface area (Å²) in [6.07, 6.45) is -0.626. The first-order valence-electron chi connectivity index (χ1n) is 9.13. The molecule has 7 nitrogen and oxygen atoms in total. The molecule has 1 N–H and O–H groups in total. The first-order valence-corrected chi connectivity index (χ1v) is 11.0.